The van der Waals surface area contributed by atoms with E-state index in [0.29, 0.717) is 22.6 Å². The molecule has 13 heteroatoms. The van der Waals surface area contributed by atoms with Gasteiger partial charge in [-0.05, 0) is 57.5 Å². The Labute approximate surface area is 290 Å². The van der Waals surface area contributed by atoms with Crippen LogP contribution in [0.5, 0.6) is 0 Å². The fourth-order valence-corrected chi connectivity index (χ4v) is 6.71. The van der Waals surface area contributed by atoms with Crippen LogP contribution >= 0.6 is 0 Å². The molecular weight excluding hydrogens is 640 g/mol. The summed E-state index contributed by atoms with van der Waals surface area (Å²) in [4.78, 5) is 16.2. The third kappa shape index (κ3) is 6.62. The number of aromatic nitrogens is 3. The number of hydrogen-bond donors (Lipinski definition) is 5. The highest BCUT2D eigenvalue weighted by Crippen LogP contribution is 2.42. The van der Waals surface area contributed by atoms with Crippen LogP contribution in [0.4, 0.5) is 5.69 Å². The maximum Gasteiger partial charge on any atom is 0.252 e. The maximum atomic E-state index is 13.9. The topological polar surface area (TPSA) is 169 Å². The van der Waals surface area contributed by atoms with Gasteiger partial charge in [0.25, 0.3) is 5.91 Å². The van der Waals surface area contributed by atoms with E-state index in [4.69, 9.17) is 9.15 Å². The summed E-state index contributed by atoms with van der Waals surface area (Å²) < 4.78 is 15.7. The Balaban J connectivity index is 1.36. The molecule has 2 aliphatic heterocycles. The fraction of sp³-hybridized carbons (Fsp3) is 0.405. The average Bonchev–Trinajstić information content (AvgIpc) is 3.61. The zero-order valence-electron chi connectivity index (χ0n) is 28.7. The lowest BCUT2D eigenvalue weighted by Gasteiger charge is -2.39. The quantitative estimate of drug-likeness (QED) is 0.103. The van der Waals surface area contributed by atoms with Gasteiger partial charge in [-0.15, -0.1) is 5.10 Å². The molecule has 3 heterocycles. The van der Waals surface area contributed by atoms with Crippen molar-refractivity contribution < 1.29 is 34.4 Å². The van der Waals surface area contributed by atoms with E-state index < -0.39 is 37.3 Å². The number of amides is 1. The molecule has 5 N–H and O–H groups in total. The van der Waals surface area contributed by atoms with Gasteiger partial charge < -0.3 is 39.8 Å². The summed E-state index contributed by atoms with van der Waals surface area (Å²) in [7, 11) is 0. The van der Waals surface area contributed by atoms with Gasteiger partial charge in [-0.2, -0.15) is 0 Å². The summed E-state index contributed by atoms with van der Waals surface area (Å²) >= 11 is 0. The van der Waals surface area contributed by atoms with Crippen molar-refractivity contribution in [2.24, 2.45) is 0 Å². The van der Waals surface area contributed by atoms with Gasteiger partial charge in [0.05, 0.1) is 25.4 Å². The number of nitrogens with zero attached hydrogens (tertiary/aromatic N) is 5. The van der Waals surface area contributed by atoms with Crippen molar-refractivity contribution in [1.29, 1.82) is 0 Å². The molecular formula is C37H45N6O7+. The maximum absolute atomic E-state index is 13.9. The number of ether oxygens (including phenoxy) is 1. The van der Waals surface area contributed by atoms with E-state index in [1.54, 1.807) is 6.07 Å². The Morgan fingerprint density at radius 3 is 2.42 bits per heavy atom. The molecule has 3 aliphatic rings. The molecule has 50 heavy (non-hydrogen) atoms. The zero-order chi connectivity index (χ0) is 35.5. The first kappa shape index (κ1) is 35.2. The number of aliphatic hydroxyl groups excluding tert-OH is 4. The van der Waals surface area contributed by atoms with Gasteiger partial charge in [-0.1, -0.05) is 23.4 Å². The normalized spacial score (nSPS) is 20.7. The number of fused-ring (bicyclic) bond motifs is 2. The summed E-state index contributed by atoms with van der Waals surface area (Å²) in [5.41, 5.74) is 5.11. The minimum Gasteiger partial charge on any atom is -0.456 e. The van der Waals surface area contributed by atoms with Crippen molar-refractivity contribution in [2.75, 3.05) is 37.7 Å². The van der Waals surface area contributed by atoms with Crippen molar-refractivity contribution in [3.63, 3.8) is 0 Å². The van der Waals surface area contributed by atoms with Crippen LogP contribution in [-0.4, -0.2) is 98.5 Å². The number of nitrogens with one attached hydrogen (secondary N) is 1. The SMILES string of the molecule is CCN(CC)c1ccc2c(-c3ccccc3C(=O)NCc3cn(C4O[C@H](CO)[C@@H](O)[C@H](O)[C@H]4O)nn3)c3ccc(=[N+](CC)CC)cc-3oc2c1. The van der Waals surface area contributed by atoms with Crippen LogP contribution in [-0.2, 0) is 11.3 Å². The number of carbonyl (C=O) groups excluding carboxylic acids is 1. The van der Waals surface area contributed by atoms with E-state index in [-0.39, 0.29) is 12.5 Å². The summed E-state index contributed by atoms with van der Waals surface area (Å²) in [6, 6.07) is 19.9. The molecule has 1 unspecified atom stereocenters. The summed E-state index contributed by atoms with van der Waals surface area (Å²) in [5.74, 6) is 0.387. The first-order chi connectivity index (χ1) is 24.2. The number of anilines is 1. The number of rotatable bonds is 11. The molecule has 0 radical (unpaired) electrons. The van der Waals surface area contributed by atoms with Crippen LogP contribution in [0.25, 0.3) is 33.4 Å². The standard InChI is InChI=1S/C37H44N6O7/c1-5-41(6-2)23-13-15-27-29(17-23)49-30-18-24(42(7-3)8-4)14-16-28(30)32(27)25-11-9-10-12-26(25)36(48)38-19-22-20-43(40-39-22)37-35(47)34(46)33(45)31(21-44)50-37/h9-18,20,31,33-35,37,44-47H,5-8,19,21H2,1-4H3/p+1/t31-,33-,34+,35-,37?/m1/s1. The van der Waals surface area contributed by atoms with Gasteiger partial charge in [0.15, 0.2) is 6.23 Å². The minimum absolute atomic E-state index is 0.0106. The zero-order valence-corrected chi connectivity index (χ0v) is 28.7. The fourth-order valence-electron chi connectivity index (χ4n) is 6.71. The predicted molar refractivity (Wildman–Crippen MR) is 188 cm³/mol. The average molecular weight is 686 g/mol. The first-order valence-corrected chi connectivity index (χ1v) is 17.1. The van der Waals surface area contributed by atoms with Gasteiger partial charge in [0.1, 0.15) is 54.5 Å². The van der Waals surface area contributed by atoms with Crippen molar-refractivity contribution in [2.45, 2.75) is 64.9 Å². The largest absolute Gasteiger partial charge is 0.456 e. The second kappa shape index (κ2) is 15.1. The van der Waals surface area contributed by atoms with E-state index in [0.717, 1.165) is 59.3 Å². The predicted octanol–water partition coefficient (Wildman–Crippen LogP) is 2.36. The molecule has 3 aromatic rings. The highest BCUT2D eigenvalue weighted by atomic mass is 16.6. The van der Waals surface area contributed by atoms with Gasteiger partial charge in [-0.25, -0.2) is 9.26 Å². The van der Waals surface area contributed by atoms with E-state index in [1.165, 1.54) is 10.9 Å². The van der Waals surface area contributed by atoms with Crippen LogP contribution in [0.2, 0.25) is 0 Å². The molecule has 0 spiro atoms. The highest BCUT2D eigenvalue weighted by Gasteiger charge is 2.44. The van der Waals surface area contributed by atoms with Crippen molar-refractivity contribution in [1.82, 2.24) is 24.9 Å². The summed E-state index contributed by atoms with van der Waals surface area (Å²) in [6.07, 6.45) is -5.38. The molecule has 5 atom stereocenters. The van der Waals surface area contributed by atoms with E-state index in [1.807, 2.05) is 18.2 Å². The molecule has 2 aromatic carbocycles. The summed E-state index contributed by atoms with van der Waals surface area (Å²) in [5, 5.41) is 53.3. The van der Waals surface area contributed by atoms with Crippen LogP contribution in [0, 0.1) is 0 Å². The van der Waals surface area contributed by atoms with Crippen molar-refractivity contribution in [3.8, 4) is 22.5 Å². The lowest BCUT2D eigenvalue weighted by atomic mass is 9.90. The van der Waals surface area contributed by atoms with E-state index in [9.17, 15) is 25.2 Å². The molecule has 6 rings (SSSR count). The van der Waals surface area contributed by atoms with Crippen LogP contribution in [0.15, 0.2) is 71.3 Å². The summed E-state index contributed by atoms with van der Waals surface area (Å²) in [6.45, 7) is 11.4. The molecule has 1 fully saturated rings. The lowest BCUT2D eigenvalue weighted by molar-refractivity contribution is -0.254. The Hall–Kier alpha value is -4.66. The molecule has 13 nitrogen and oxygen atoms in total. The third-order valence-corrected chi connectivity index (χ3v) is 9.50. The van der Waals surface area contributed by atoms with E-state index >= 15 is 0 Å². The van der Waals surface area contributed by atoms with Crippen molar-refractivity contribution >= 4 is 22.6 Å². The molecule has 1 amide bonds. The lowest BCUT2D eigenvalue weighted by Crippen LogP contribution is -2.56. The van der Waals surface area contributed by atoms with Gasteiger partial charge >= 0.3 is 0 Å². The van der Waals surface area contributed by atoms with Crippen LogP contribution in [0.1, 0.15) is 50.0 Å². The van der Waals surface area contributed by atoms with Crippen molar-refractivity contribution in [3.05, 3.63) is 83.5 Å². The van der Waals surface area contributed by atoms with Gasteiger partial charge in [-0.3, -0.25) is 4.79 Å². The second-order valence-corrected chi connectivity index (χ2v) is 12.3. The highest BCUT2D eigenvalue weighted by molar-refractivity contribution is 6.09. The van der Waals surface area contributed by atoms with Crippen LogP contribution in [0.3, 0.4) is 0 Å². The Bertz CT molecular complexity index is 2000. The smallest absolute Gasteiger partial charge is 0.252 e. The molecule has 1 aliphatic carbocycles. The number of hydrogen-bond acceptors (Lipinski definition) is 10. The second-order valence-electron chi connectivity index (χ2n) is 12.3. The monoisotopic (exact) mass is 685 g/mol. The van der Waals surface area contributed by atoms with Gasteiger partial charge in [0.2, 0.25) is 5.36 Å². The third-order valence-electron chi connectivity index (χ3n) is 9.50. The number of carbonyl (C=O) groups is 1. The molecule has 0 bridgehead atoms. The number of benzene rings is 3. The number of aliphatic hydroxyl groups is 4. The molecule has 1 saturated heterocycles. The molecule has 0 saturated carbocycles. The van der Waals surface area contributed by atoms with Crippen LogP contribution < -0.4 is 20.1 Å². The first-order valence-electron chi connectivity index (χ1n) is 17.1. The Morgan fingerprint density at radius 1 is 0.940 bits per heavy atom. The van der Waals surface area contributed by atoms with Gasteiger partial charge in [0, 0.05) is 53.0 Å². The molecule has 1 aromatic heterocycles. The molecule has 264 valence electrons. The Kier molecular flexibility index (Phi) is 10.6. The Morgan fingerprint density at radius 2 is 1.70 bits per heavy atom. The minimum atomic E-state index is -1.56. The van der Waals surface area contributed by atoms with E-state index in [2.05, 4.69) is 89.2 Å².